The zero-order valence-corrected chi connectivity index (χ0v) is 13.8. The molecule has 0 amide bonds. The largest absolute Gasteiger partial charge is 0.496 e. The Bertz CT molecular complexity index is 906. The molecule has 0 radical (unpaired) electrons. The van der Waals surface area contributed by atoms with Gasteiger partial charge in [-0.1, -0.05) is 6.07 Å². The van der Waals surface area contributed by atoms with Crippen LogP contribution in [0, 0.1) is 20.4 Å². The molecule has 2 aromatic heterocycles. The van der Waals surface area contributed by atoms with Crippen molar-refractivity contribution in [1.29, 1.82) is 0 Å². The van der Waals surface area contributed by atoms with Crippen LogP contribution in [-0.2, 0) is 0 Å². The number of thiazole rings is 1. The monoisotopic (exact) mass is 325 g/mol. The zero-order valence-electron chi connectivity index (χ0n) is 13.0. The van der Waals surface area contributed by atoms with Gasteiger partial charge in [0.05, 0.1) is 19.4 Å². The number of nitrogen functional groups attached to an aromatic ring is 1. The van der Waals surface area contributed by atoms with Crippen molar-refractivity contribution in [3.8, 4) is 22.1 Å². The first-order valence-corrected chi connectivity index (χ1v) is 7.76. The van der Waals surface area contributed by atoms with E-state index in [0.717, 1.165) is 22.6 Å². The van der Waals surface area contributed by atoms with Crippen molar-refractivity contribution in [2.75, 3.05) is 12.8 Å². The molecule has 0 unspecified atom stereocenters. The Morgan fingerprint density at radius 3 is 2.74 bits per heavy atom. The fourth-order valence-corrected chi connectivity index (χ4v) is 3.17. The van der Waals surface area contributed by atoms with Crippen LogP contribution in [0.4, 0.5) is 11.5 Å². The average Bonchev–Trinajstić information content (AvgIpc) is 3.16. The van der Waals surface area contributed by atoms with E-state index in [9.17, 15) is 0 Å². The van der Waals surface area contributed by atoms with E-state index < -0.39 is 0 Å². The Labute approximate surface area is 138 Å². The summed E-state index contributed by atoms with van der Waals surface area (Å²) in [6, 6.07) is 3.86. The van der Waals surface area contributed by atoms with E-state index >= 15 is 0 Å². The van der Waals surface area contributed by atoms with Gasteiger partial charge in [0.25, 0.3) is 5.69 Å². The Kier molecular flexibility index (Phi) is 3.76. The average molecular weight is 325 g/mol. The van der Waals surface area contributed by atoms with E-state index in [2.05, 4.69) is 14.9 Å². The Balaban J connectivity index is 2.29. The quantitative estimate of drug-likeness (QED) is 0.744. The van der Waals surface area contributed by atoms with Crippen molar-refractivity contribution in [2.45, 2.75) is 13.8 Å². The fourth-order valence-electron chi connectivity index (χ4n) is 2.55. The smallest absolute Gasteiger partial charge is 0.257 e. The van der Waals surface area contributed by atoms with Gasteiger partial charge >= 0.3 is 0 Å². The molecule has 0 bridgehead atoms. The molecular formula is C16H15N5OS. The lowest BCUT2D eigenvalue weighted by Crippen LogP contribution is -2.07. The van der Waals surface area contributed by atoms with E-state index in [1.807, 2.05) is 31.4 Å². The van der Waals surface area contributed by atoms with Crippen LogP contribution in [0.15, 0.2) is 23.7 Å². The van der Waals surface area contributed by atoms with Crippen LogP contribution in [0.25, 0.3) is 21.2 Å². The molecule has 0 aliphatic heterocycles. The third-order valence-electron chi connectivity index (χ3n) is 3.66. The number of hydrogen-bond acceptors (Lipinski definition) is 5. The molecule has 3 rings (SSSR count). The van der Waals surface area contributed by atoms with Crippen molar-refractivity contribution >= 4 is 22.8 Å². The molecule has 3 aromatic rings. The number of aryl methyl sites for hydroxylation is 1. The third kappa shape index (κ3) is 2.33. The predicted molar refractivity (Wildman–Crippen MR) is 91.4 cm³/mol. The van der Waals surface area contributed by atoms with Gasteiger partial charge in [-0.2, -0.15) is 5.10 Å². The summed E-state index contributed by atoms with van der Waals surface area (Å²) >= 11 is 1.43. The predicted octanol–water partition coefficient (Wildman–Crippen LogP) is 3.75. The minimum absolute atomic E-state index is 0.310. The molecule has 2 N–H and O–H groups in total. The summed E-state index contributed by atoms with van der Waals surface area (Å²) < 4.78 is 6.99. The molecule has 0 spiro atoms. The number of benzene rings is 1. The van der Waals surface area contributed by atoms with E-state index in [-0.39, 0.29) is 0 Å². The summed E-state index contributed by atoms with van der Waals surface area (Å²) in [5.74, 6) is 1.06. The summed E-state index contributed by atoms with van der Waals surface area (Å²) in [5.41, 5.74) is 9.78. The minimum Gasteiger partial charge on any atom is -0.496 e. The van der Waals surface area contributed by atoms with Gasteiger partial charge in [-0.3, -0.25) is 0 Å². The summed E-state index contributed by atoms with van der Waals surface area (Å²) in [6.45, 7) is 11.4. The van der Waals surface area contributed by atoms with Crippen LogP contribution in [0.5, 0.6) is 5.75 Å². The van der Waals surface area contributed by atoms with Crippen molar-refractivity contribution < 1.29 is 4.74 Å². The lowest BCUT2D eigenvalue weighted by Gasteiger charge is -2.14. The Morgan fingerprint density at radius 2 is 2.13 bits per heavy atom. The highest BCUT2D eigenvalue weighted by molar-refractivity contribution is 7.13. The molecule has 7 heteroatoms. The maximum absolute atomic E-state index is 7.43. The Hall–Kier alpha value is -2.85. The molecule has 6 nitrogen and oxygen atoms in total. The van der Waals surface area contributed by atoms with Crippen LogP contribution in [0.3, 0.4) is 0 Å². The highest BCUT2D eigenvalue weighted by Gasteiger charge is 2.22. The molecule has 0 fully saturated rings. The first kappa shape index (κ1) is 15.1. The minimum atomic E-state index is 0.310. The summed E-state index contributed by atoms with van der Waals surface area (Å²) in [4.78, 5) is 7.79. The van der Waals surface area contributed by atoms with Crippen molar-refractivity contribution in [3.63, 3.8) is 0 Å². The number of rotatable bonds is 3. The van der Waals surface area contributed by atoms with E-state index in [1.54, 1.807) is 18.0 Å². The van der Waals surface area contributed by atoms with E-state index in [4.69, 9.17) is 17.0 Å². The molecule has 2 heterocycles. The number of ether oxygens (including phenoxy) is 1. The third-order valence-corrected chi connectivity index (χ3v) is 4.44. The normalized spacial score (nSPS) is 10.5. The SMILES string of the molecule is [C-]#[N+]c1c(-c2nccs2)nn(-c2c(C)ccc(OC)c2C)c1N. The molecule has 0 aliphatic rings. The second-order valence-electron chi connectivity index (χ2n) is 5.00. The number of nitrogens with two attached hydrogens (primary N) is 1. The van der Waals surface area contributed by atoms with Crippen LogP contribution in [-0.4, -0.2) is 21.9 Å². The number of nitrogens with zero attached hydrogens (tertiary/aromatic N) is 4. The van der Waals surface area contributed by atoms with E-state index in [1.165, 1.54) is 11.3 Å². The molecule has 0 atom stereocenters. The number of methoxy groups -OCH3 is 1. The van der Waals surface area contributed by atoms with Gasteiger partial charge in [-0.25, -0.2) is 14.5 Å². The molecule has 0 saturated heterocycles. The number of anilines is 1. The van der Waals surface area contributed by atoms with Crippen LogP contribution < -0.4 is 10.5 Å². The highest BCUT2D eigenvalue weighted by Crippen LogP contribution is 2.39. The maximum atomic E-state index is 7.43. The second-order valence-corrected chi connectivity index (χ2v) is 5.90. The van der Waals surface area contributed by atoms with Crippen molar-refractivity contribution in [2.24, 2.45) is 0 Å². The first-order chi connectivity index (χ1) is 11.1. The second kappa shape index (κ2) is 5.74. The highest BCUT2D eigenvalue weighted by atomic mass is 32.1. The van der Waals surface area contributed by atoms with Crippen LogP contribution in [0.2, 0.25) is 0 Å². The standard InChI is InChI=1S/C16H15N5OS/c1-9-5-6-11(22-4)10(2)14(9)21-15(17)12(18-3)13(20-21)16-19-7-8-23-16/h5-8H,17H2,1-2,4H3. The lowest BCUT2D eigenvalue weighted by atomic mass is 10.1. The first-order valence-electron chi connectivity index (χ1n) is 6.88. The molecule has 116 valence electrons. The van der Waals surface area contributed by atoms with Gasteiger partial charge in [-0.05, 0) is 25.5 Å². The van der Waals surface area contributed by atoms with Gasteiger partial charge in [0.15, 0.2) is 0 Å². The topological polar surface area (TPSA) is 70.3 Å². The summed E-state index contributed by atoms with van der Waals surface area (Å²) in [7, 11) is 1.62. The van der Waals surface area contributed by atoms with E-state index in [0.29, 0.717) is 22.2 Å². The van der Waals surface area contributed by atoms with Crippen LogP contribution >= 0.6 is 11.3 Å². The Morgan fingerprint density at radius 1 is 1.35 bits per heavy atom. The fraction of sp³-hybridized carbons (Fsp3) is 0.188. The van der Waals surface area contributed by atoms with Gasteiger partial charge in [0.1, 0.15) is 22.3 Å². The zero-order chi connectivity index (χ0) is 16.6. The van der Waals surface area contributed by atoms with Gasteiger partial charge in [0.2, 0.25) is 0 Å². The van der Waals surface area contributed by atoms with Crippen molar-refractivity contribution in [3.05, 3.63) is 46.3 Å². The molecular weight excluding hydrogens is 310 g/mol. The van der Waals surface area contributed by atoms with Gasteiger partial charge in [-0.15, -0.1) is 11.3 Å². The van der Waals surface area contributed by atoms with Crippen LogP contribution in [0.1, 0.15) is 11.1 Å². The number of aromatic nitrogens is 3. The number of hydrogen-bond donors (Lipinski definition) is 1. The maximum Gasteiger partial charge on any atom is 0.257 e. The lowest BCUT2D eigenvalue weighted by molar-refractivity contribution is 0.411. The molecule has 23 heavy (non-hydrogen) atoms. The molecule has 0 aliphatic carbocycles. The summed E-state index contributed by atoms with van der Waals surface area (Å²) in [6.07, 6.45) is 1.69. The molecule has 1 aromatic carbocycles. The molecule has 0 saturated carbocycles. The summed E-state index contributed by atoms with van der Waals surface area (Å²) in [5, 5.41) is 7.09. The van der Waals surface area contributed by atoms with Gasteiger partial charge in [0, 0.05) is 17.1 Å². The van der Waals surface area contributed by atoms with Crippen molar-refractivity contribution in [1.82, 2.24) is 14.8 Å². The van der Waals surface area contributed by atoms with Gasteiger partial charge < -0.3 is 10.5 Å².